The molecule has 6 aromatic carbocycles. The molecular formula is C34H22O2. The molecule has 0 radical (unpaired) electrons. The zero-order chi connectivity index (χ0) is 23.6. The maximum absolute atomic E-state index is 6.17. The van der Waals surface area contributed by atoms with E-state index in [9.17, 15) is 0 Å². The van der Waals surface area contributed by atoms with Crippen LogP contribution in [0.2, 0.25) is 0 Å². The first-order chi connectivity index (χ1) is 17.8. The molecule has 0 unspecified atom stereocenters. The molecule has 36 heavy (non-hydrogen) atoms. The van der Waals surface area contributed by atoms with Crippen LogP contribution < -0.4 is 9.78 Å². The van der Waals surface area contributed by atoms with Crippen LogP contribution in [0.3, 0.4) is 0 Å². The summed E-state index contributed by atoms with van der Waals surface area (Å²) < 4.78 is 0. The van der Waals surface area contributed by atoms with Gasteiger partial charge in [-0.05, 0) is 80.3 Å². The molecule has 0 saturated heterocycles. The molecule has 0 heterocycles. The summed E-state index contributed by atoms with van der Waals surface area (Å²) in [7, 11) is 0. The molecule has 8 rings (SSSR count). The second-order valence-electron chi connectivity index (χ2n) is 9.73. The van der Waals surface area contributed by atoms with Gasteiger partial charge in [0.05, 0.1) is 0 Å². The molecule has 6 aromatic rings. The SMILES string of the molecule is c1ccc2c(c1)Cc1c-2ccc2cccc(OOc3cccc4ccc5c(c34)Cc3ccccc3-5)c12. The average Bonchev–Trinajstić information content (AvgIpc) is 3.50. The van der Waals surface area contributed by atoms with Crippen molar-refractivity contribution < 1.29 is 9.78 Å². The fourth-order valence-electron chi connectivity index (χ4n) is 6.19. The van der Waals surface area contributed by atoms with Gasteiger partial charge in [-0.25, -0.2) is 0 Å². The molecule has 2 aliphatic carbocycles. The Balaban J connectivity index is 1.23. The van der Waals surface area contributed by atoms with Gasteiger partial charge in [-0.1, -0.05) is 97.1 Å². The normalized spacial score (nSPS) is 12.8. The van der Waals surface area contributed by atoms with Crippen molar-refractivity contribution in [2.75, 3.05) is 0 Å². The Morgan fingerprint density at radius 1 is 0.389 bits per heavy atom. The summed E-state index contributed by atoms with van der Waals surface area (Å²) in [4.78, 5) is 12.3. The largest absolute Gasteiger partial charge is 0.289 e. The fraction of sp³-hybridized carbons (Fsp3) is 0.0588. The van der Waals surface area contributed by atoms with Crippen molar-refractivity contribution in [3.05, 3.63) is 131 Å². The lowest BCUT2D eigenvalue weighted by atomic mass is 9.98. The van der Waals surface area contributed by atoms with Crippen molar-refractivity contribution in [1.29, 1.82) is 0 Å². The molecule has 0 saturated carbocycles. The summed E-state index contributed by atoms with van der Waals surface area (Å²) >= 11 is 0. The van der Waals surface area contributed by atoms with Gasteiger partial charge >= 0.3 is 0 Å². The van der Waals surface area contributed by atoms with Gasteiger partial charge in [-0.3, -0.25) is 9.78 Å². The predicted octanol–water partition coefficient (Wildman–Crippen LogP) is 8.51. The van der Waals surface area contributed by atoms with Crippen LogP contribution in [-0.2, 0) is 12.8 Å². The third-order valence-electron chi connectivity index (χ3n) is 7.80. The van der Waals surface area contributed by atoms with Gasteiger partial charge in [-0.15, -0.1) is 0 Å². The van der Waals surface area contributed by atoms with E-state index >= 15 is 0 Å². The van der Waals surface area contributed by atoms with Crippen molar-refractivity contribution in [2.24, 2.45) is 0 Å². The minimum Gasteiger partial charge on any atom is -0.289 e. The highest BCUT2D eigenvalue weighted by Crippen LogP contribution is 2.45. The average molecular weight is 463 g/mol. The quantitative estimate of drug-likeness (QED) is 0.194. The van der Waals surface area contributed by atoms with Crippen LogP contribution in [0.15, 0.2) is 109 Å². The van der Waals surface area contributed by atoms with Gasteiger partial charge in [-0.2, -0.15) is 0 Å². The van der Waals surface area contributed by atoms with Gasteiger partial charge in [0.2, 0.25) is 0 Å². The standard InChI is InChI=1S/C34H22O2/c1-3-11-25-23(7-1)19-29-27(25)17-15-21-9-5-13-31(33(21)29)35-36-32-14-6-10-22-16-18-28-26-12-4-2-8-24(26)20-30(28)34(22)32/h1-18H,19-20H2. The first-order valence-electron chi connectivity index (χ1n) is 12.5. The van der Waals surface area contributed by atoms with Gasteiger partial charge in [0, 0.05) is 10.8 Å². The maximum atomic E-state index is 6.17. The second kappa shape index (κ2) is 7.47. The highest BCUT2D eigenvalue weighted by atomic mass is 17.2. The Bertz CT molecular complexity index is 1710. The zero-order valence-electron chi connectivity index (χ0n) is 19.6. The lowest BCUT2D eigenvalue weighted by molar-refractivity contribution is -0.0969. The lowest BCUT2D eigenvalue weighted by Crippen LogP contribution is -2.03. The third kappa shape index (κ3) is 2.79. The van der Waals surface area contributed by atoms with Gasteiger partial charge in [0.1, 0.15) is 0 Å². The summed E-state index contributed by atoms with van der Waals surface area (Å²) in [5.41, 5.74) is 10.5. The smallest absolute Gasteiger partial charge is 0.186 e. The topological polar surface area (TPSA) is 18.5 Å². The Labute approximate surface area is 209 Å². The molecule has 2 heteroatoms. The Morgan fingerprint density at radius 3 is 1.36 bits per heavy atom. The van der Waals surface area contributed by atoms with Crippen LogP contribution in [0, 0.1) is 0 Å². The van der Waals surface area contributed by atoms with Crippen LogP contribution in [0.25, 0.3) is 43.8 Å². The number of rotatable bonds is 3. The van der Waals surface area contributed by atoms with Gasteiger partial charge in [0.25, 0.3) is 0 Å². The van der Waals surface area contributed by atoms with Gasteiger partial charge < -0.3 is 0 Å². The minimum atomic E-state index is 0.755. The predicted molar refractivity (Wildman–Crippen MR) is 146 cm³/mol. The molecule has 0 bridgehead atoms. The molecule has 2 nitrogen and oxygen atoms in total. The van der Waals surface area contributed by atoms with Crippen molar-refractivity contribution in [2.45, 2.75) is 12.8 Å². The molecule has 0 atom stereocenters. The van der Waals surface area contributed by atoms with E-state index in [1.165, 1.54) is 44.5 Å². The number of hydrogen-bond donors (Lipinski definition) is 0. The van der Waals surface area contributed by atoms with Crippen LogP contribution in [0.4, 0.5) is 0 Å². The molecule has 0 aliphatic heterocycles. The van der Waals surface area contributed by atoms with Gasteiger partial charge in [0.15, 0.2) is 11.5 Å². The molecular weight excluding hydrogens is 440 g/mol. The second-order valence-corrected chi connectivity index (χ2v) is 9.73. The Morgan fingerprint density at radius 2 is 0.861 bits per heavy atom. The van der Waals surface area contributed by atoms with E-state index in [1.54, 1.807) is 0 Å². The summed E-state index contributed by atoms with van der Waals surface area (Å²) in [6.07, 6.45) is 1.81. The molecule has 0 spiro atoms. The number of benzene rings is 6. The van der Waals surface area contributed by atoms with E-state index in [2.05, 4.69) is 84.9 Å². The molecule has 0 fully saturated rings. The first-order valence-corrected chi connectivity index (χ1v) is 12.5. The van der Waals surface area contributed by atoms with Crippen LogP contribution >= 0.6 is 0 Å². The Kier molecular flexibility index (Phi) is 4.09. The lowest BCUT2D eigenvalue weighted by Gasteiger charge is -2.14. The van der Waals surface area contributed by atoms with Crippen molar-refractivity contribution in [3.63, 3.8) is 0 Å². The Hall–Kier alpha value is -4.56. The number of hydrogen-bond acceptors (Lipinski definition) is 2. The van der Waals surface area contributed by atoms with Crippen LogP contribution in [-0.4, -0.2) is 0 Å². The summed E-state index contributed by atoms with van der Waals surface area (Å²) in [6, 6.07) is 38.5. The summed E-state index contributed by atoms with van der Waals surface area (Å²) in [6.45, 7) is 0. The van der Waals surface area contributed by atoms with Crippen LogP contribution in [0.1, 0.15) is 22.3 Å². The highest BCUT2D eigenvalue weighted by Gasteiger charge is 2.24. The van der Waals surface area contributed by atoms with Crippen molar-refractivity contribution >= 4 is 21.5 Å². The third-order valence-corrected chi connectivity index (χ3v) is 7.80. The van der Waals surface area contributed by atoms with E-state index in [0.717, 1.165) is 45.9 Å². The fourth-order valence-corrected chi connectivity index (χ4v) is 6.19. The van der Waals surface area contributed by atoms with E-state index in [1.807, 2.05) is 24.3 Å². The molecule has 170 valence electrons. The maximum Gasteiger partial charge on any atom is 0.186 e. The van der Waals surface area contributed by atoms with Crippen molar-refractivity contribution in [3.8, 4) is 33.8 Å². The molecule has 0 N–H and O–H groups in total. The monoisotopic (exact) mass is 462 g/mol. The van der Waals surface area contributed by atoms with E-state index in [0.29, 0.717) is 0 Å². The summed E-state index contributed by atoms with van der Waals surface area (Å²) in [5, 5.41) is 4.59. The van der Waals surface area contributed by atoms with E-state index in [-0.39, 0.29) is 0 Å². The van der Waals surface area contributed by atoms with Crippen molar-refractivity contribution in [1.82, 2.24) is 0 Å². The molecule has 0 amide bonds. The molecule has 0 aromatic heterocycles. The number of fused-ring (bicyclic) bond motifs is 10. The molecule has 2 aliphatic rings. The highest BCUT2D eigenvalue weighted by molar-refractivity contribution is 6.00. The zero-order valence-corrected chi connectivity index (χ0v) is 19.6. The first kappa shape index (κ1) is 19.7. The van der Waals surface area contributed by atoms with E-state index < -0.39 is 0 Å². The van der Waals surface area contributed by atoms with Crippen LogP contribution in [0.5, 0.6) is 11.5 Å². The van der Waals surface area contributed by atoms with E-state index in [4.69, 9.17) is 9.78 Å². The minimum absolute atomic E-state index is 0.755. The summed E-state index contributed by atoms with van der Waals surface area (Å²) in [5.74, 6) is 1.51.